The zero-order valence-electron chi connectivity index (χ0n) is 16.6. The molecular weight excluding hydrogens is 336 g/mol. The summed E-state index contributed by atoms with van der Waals surface area (Å²) in [6, 6.07) is 17.9. The van der Waals surface area contributed by atoms with Crippen LogP contribution in [0.25, 0.3) is 0 Å². The maximum atomic E-state index is 13.7. The first-order valence-electron chi connectivity index (χ1n) is 10.0. The number of hydrogen-bond donors (Lipinski definition) is 0. The van der Waals surface area contributed by atoms with Gasteiger partial charge in [0.05, 0.1) is 5.69 Å². The van der Waals surface area contributed by atoms with Gasteiger partial charge in [-0.15, -0.1) is 0 Å². The van der Waals surface area contributed by atoms with Gasteiger partial charge < -0.3 is 14.5 Å². The quantitative estimate of drug-likeness (QED) is 0.671. The molecule has 1 heterocycles. The standard InChI is InChI=1S/C23H30N2O2/c1-4-24(5-2)17-12-18-25-21-16-11-10-15-20(21)23(22(25)26,27-6-3)19-13-8-7-9-14-19/h7-11,13-16H,4-6,12,17-18H2,1-3H3. The van der Waals surface area contributed by atoms with E-state index >= 15 is 0 Å². The largest absolute Gasteiger partial charge is 0.356 e. The van der Waals surface area contributed by atoms with E-state index in [9.17, 15) is 4.79 Å². The van der Waals surface area contributed by atoms with E-state index in [-0.39, 0.29) is 5.91 Å². The molecule has 27 heavy (non-hydrogen) atoms. The molecule has 0 fully saturated rings. The molecule has 0 aromatic heterocycles. The fourth-order valence-electron chi connectivity index (χ4n) is 4.03. The molecule has 0 N–H and O–H groups in total. The minimum absolute atomic E-state index is 0.0243. The van der Waals surface area contributed by atoms with E-state index in [0.717, 1.165) is 42.9 Å². The molecule has 1 atom stereocenters. The Labute approximate surface area is 162 Å². The van der Waals surface area contributed by atoms with E-state index in [1.54, 1.807) is 0 Å². The molecular formula is C23H30N2O2. The second-order valence-corrected chi connectivity index (χ2v) is 6.83. The van der Waals surface area contributed by atoms with Gasteiger partial charge in [0.25, 0.3) is 5.91 Å². The van der Waals surface area contributed by atoms with Crippen molar-refractivity contribution in [3.05, 3.63) is 65.7 Å². The van der Waals surface area contributed by atoms with Crippen LogP contribution < -0.4 is 4.90 Å². The lowest BCUT2D eigenvalue weighted by atomic mass is 9.87. The molecule has 144 valence electrons. The lowest BCUT2D eigenvalue weighted by Gasteiger charge is -2.29. The molecule has 1 amide bonds. The van der Waals surface area contributed by atoms with E-state index in [0.29, 0.717) is 13.2 Å². The van der Waals surface area contributed by atoms with Crippen LogP contribution in [0, 0.1) is 0 Å². The molecule has 1 aliphatic rings. The molecule has 2 aromatic rings. The number of nitrogens with zero attached hydrogens (tertiary/aromatic N) is 2. The lowest BCUT2D eigenvalue weighted by molar-refractivity contribution is -0.137. The summed E-state index contributed by atoms with van der Waals surface area (Å²) in [4.78, 5) is 18.0. The van der Waals surface area contributed by atoms with Gasteiger partial charge in [-0.1, -0.05) is 62.4 Å². The van der Waals surface area contributed by atoms with Gasteiger partial charge in [-0.05, 0) is 44.6 Å². The van der Waals surface area contributed by atoms with Crippen molar-refractivity contribution < 1.29 is 9.53 Å². The summed E-state index contributed by atoms with van der Waals surface area (Å²) in [5.74, 6) is 0.0243. The third-order valence-corrected chi connectivity index (χ3v) is 5.41. The van der Waals surface area contributed by atoms with Crippen molar-refractivity contribution in [3.8, 4) is 0 Å². The Kier molecular flexibility index (Phi) is 6.30. The summed E-state index contributed by atoms with van der Waals surface area (Å²) in [5, 5.41) is 0. The number of anilines is 1. The molecule has 1 unspecified atom stereocenters. The number of ether oxygens (including phenoxy) is 1. The maximum Gasteiger partial charge on any atom is 0.268 e. The summed E-state index contributed by atoms with van der Waals surface area (Å²) >= 11 is 0. The van der Waals surface area contributed by atoms with Gasteiger partial charge in [-0.2, -0.15) is 0 Å². The highest BCUT2D eigenvalue weighted by molar-refractivity contribution is 6.09. The van der Waals surface area contributed by atoms with Gasteiger partial charge >= 0.3 is 0 Å². The molecule has 0 saturated heterocycles. The highest BCUT2D eigenvalue weighted by Crippen LogP contribution is 2.46. The van der Waals surface area contributed by atoms with Crippen LogP contribution in [0.15, 0.2) is 54.6 Å². The summed E-state index contributed by atoms with van der Waals surface area (Å²) in [6.07, 6.45) is 0.943. The molecule has 0 aliphatic carbocycles. The summed E-state index contributed by atoms with van der Waals surface area (Å²) in [7, 11) is 0. The van der Waals surface area contributed by atoms with Crippen molar-refractivity contribution >= 4 is 11.6 Å². The van der Waals surface area contributed by atoms with Gasteiger partial charge in [-0.3, -0.25) is 4.79 Å². The number of benzene rings is 2. The fraction of sp³-hybridized carbons (Fsp3) is 0.435. The van der Waals surface area contributed by atoms with Crippen LogP contribution in [0.1, 0.15) is 38.3 Å². The second kappa shape index (κ2) is 8.68. The van der Waals surface area contributed by atoms with Crippen LogP contribution in [-0.4, -0.2) is 43.6 Å². The average Bonchev–Trinajstić information content (AvgIpc) is 2.95. The monoisotopic (exact) mass is 366 g/mol. The molecule has 4 nitrogen and oxygen atoms in total. The summed E-state index contributed by atoms with van der Waals surface area (Å²) in [6.45, 7) is 10.5. The Morgan fingerprint density at radius 2 is 1.63 bits per heavy atom. The second-order valence-electron chi connectivity index (χ2n) is 6.83. The third-order valence-electron chi connectivity index (χ3n) is 5.41. The van der Waals surface area contributed by atoms with Crippen molar-refractivity contribution in [2.24, 2.45) is 0 Å². The van der Waals surface area contributed by atoms with Gasteiger partial charge in [0, 0.05) is 18.7 Å². The first-order valence-corrected chi connectivity index (χ1v) is 10.0. The number of rotatable bonds is 9. The smallest absolute Gasteiger partial charge is 0.268 e. The van der Waals surface area contributed by atoms with Gasteiger partial charge in [-0.25, -0.2) is 0 Å². The highest BCUT2D eigenvalue weighted by Gasteiger charge is 2.52. The zero-order valence-corrected chi connectivity index (χ0v) is 16.6. The van der Waals surface area contributed by atoms with Crippen LogP contribution in [0.5, 0.6) is 0 Å². The Morgan fingerprint density at radius 1 is 0.963 bits per heavy atom. The van der Waals surface area contributed by atoms with E-state index in [2.05, 4.69) is 18.7 Å². The van der Waals surface area contributed by atoms with E-state index in [1.807, 2.05) is 66.4 Å². The van der Waals surface area contributed by atoms with Crippen LogP contribution in [0.4, 0.5) is 5.69 Å². The topological polar surface area (TPSA) is 32.8 Å². The molecule has 0 spiro atoms. The average molecular weight is 367 g/mol. The Morgan fingerprint density at radius 3 is 2.30 bits per heavy atom. The first kappa shape index (κ1) is 19.6. The van der Waals surface area contributed by atoms with Crippen molar-refractivity contribution in [1.82, 2.24) is 4.90 Å². The first-order chi connectivity index (χ1) is 13.2. The number of para-hydroxylation sites is 1. The Bertz CT molecular complexity index is 758. The van der Waals surface area contributed by atoms with Crippen LogP contribution in [0.3, 0.4) is 0 Å². The third kappa shape index (κ3) is 3.52. The predicted octanol–water partition coefficient (Wildman–Crippen LogP) is 4.05. The van der Waals surface area contributed by atoms with Crippen LogP contribution >= 0.6 is 0 Å². The van der Waals surface area contributed by atoms with E-state index in [4.69, 9.17) is 4.74 Å². The lowest BCUT2D eigenvalue weighted by Crippen LogP contribution is -2.44. The number of fused-ring (bicyclic) bond motifs is 1. The van der Waals surface area contributed by atoms with Gasteiger partial charge in [0.2, 0.25) is 0 Å². The normalized spacial score (nSPS) is 19.0. The number of carbonyl (C=O) groups is 1. The van der Waals surface area contributed by atoms with E-state index in [1.165, 1.54) is 0 Å². The van der Waals surface area contributed by atoms with Crippen molar-refractivity contribution in [2.45, 2.75) is 32.8 Å². The molecule has 0 saturated carbocycles. The van der Waals surface area contributed by atoms with Gasteiger partial charge in [0.1, 0.15) is 0 Å². The molecule has 2 aromatic carbocycles. The van der Waals surface area contributed by atoms with Gasteiger partial charge in [0.15, 0.2) is 5.60 Å². The minimum Gasteiger partial charge on any atom is -0.356 e. The summed E-state index contributed by atoms with van der Waals surface area (Å²) in [5.41, 5.74) is 1.78. The SMILES string of the molecule is CCOC1(c2ccccc2)C(=O)N(CCCN(CC)CC)c2ccccc21. The number of amides is 1. The predicted molar refractivity (Wildman–Crippen MR) is 110 cm³/mol. The Balaban J connectivity index is 1.96. The molecule has 4 heteroatoms. The molecule has 0 bridgehead atoms. The maximum absolute atomic E-state index is 13.7. The number of carbonyl (C=O) groups excluding carboxylic acids is 1. The van der Waals surface area contributed by atoms with Crippen LogP contribution in [0.2, 0.25) is 0 Å². The van der Waals surface area contributed by atoms with Crippen molar-refractivity contribution in [1.29, 1.82) is 0 Å². The summed E-state index contributed by atoms with van der Waals surface area (Å²) < 4.78 is 6.21. The number of hydrogen-bond acceptors (Lipinski definition) is 3. The van der Waals surface area contributed by atoms with Crippen molar-refractivity contribution in [3.63, 3.8) is 0 Å². The van der Waals surface area contributed by atoms with E-state index < -0.39 is 5.60 Å². The molecule has 3 rings (SSSR count). The molecule has 0 radical (unpaired) electrons. The fourth-order valence-corrected chi connectivity index (χ4v) is 4.03. The zero-order chi connectivity index (χ0) is 19.3. The Hall–Kier alpha value is -2.17. The highest BCUT2D eigenvalue weighted by atomic mass is 16.5. The van der Waals surface area contributed by atoms with Crippen LogP contribution in [-0.2, 0) is 15.1 Å². The van der Waals surface area contributed by atoms with Crippen molar-refractivity contribution in [2.75, 3.05) is 37.7 Å². The molecule has 1 aliphatic heterocycles. The minimum atomic E-state index is -1.04.